The number of aromatic nitrogens is 2. The second-order valence-corrected chi connectivity index (χ2v) is 7.61. The fourth-order valence-corrected chi connectivity index (χ4v) is 3.47. The number of hydrogen-bond donors (Lipinski definition) is 1. The molecule has 3 aromatic rings. The average Bonchev–Trinajstić information content (AvgIpc) is 3.30. The number of halogens is 4. The molecule has 0 aliphatic carbocycles. The lowest BCUT2D eigenvalue weighted by molar-refractivity contribution is -0.137. The molecule has 5 nitrogen and oxygen atoms in total. The van der Waals surface area contributed by atoms with Gasteiger partial charge in [0.2, 0.25) is 0 Å². The van der Waals surface area contributed by atoms with Crippen molar-refractivity contribution in [1.29, 1.82) is 0 Å². The molecule has 2 heterocycles. The molecule has 0 saturated heterocycles. The molecule has 1 N–H and O–H groups in total. The molecule has 1 atom stereocenters. The monoisotopic (exact) mass is 464 g/mol. The number of hydrogen-bond acceptors (Lipinski definition) is 4. The summed E-state index contributed by atoms with van der Waals surface area (Å²) in [4.78, 5) is 9.78. The van der Waals surface area contributed by atoms with Gasteiger partial charge in [-0.3, -0.25) is 0 Å². The zero-order valence-electron chi connectivity index (χ0n) is 15.2. The van der Waals surface area contributed by atoms with Crippen LogP contribution in [0.2, 0.25) is 0 Å². The van der Waals surface area contributed by atoms with E-state index in [1.165, 1.54) is 6.07 Å². The second kappa shape index (κ2) is 7.55. The third-order valence-electron chi connectivity index (χ3n) is 4.50. The predicted molar refractivity (Wildman–Crippen MR) is 108 cm³/mol. The minimum Gasteiger partial charge on any atom is -0.386 e. The largest absolute Gasteiger partial charge is 0.416 e. The molecule has 9 heteroatoms. The molecule has 0 amide bonds. The van der Waals surface area contributed by atoms with Gasteiger partial charge in [-0.25, -0.2) is 4.98 Å². The molecule has 1 aliphatic rings. The zero-order valence-corrected chi connectivity index (χ0v) is 16.8. The molecule has 29 heavy (non-hydrogen) atoms. The predicted octanol–water partition coefficient (Wildman–Crippen LogP) is 6.02. The van der Waals surface area contributed by atoms with Crippen molar-refractivity contribution in [3.8, 4) is 11.3 Å². The van der Waals surface area contributed by atoms with Crippen LogP contribution in [0, 0.1) is 0 Å². The van der Waals surface area contributed by atoms with E-state index >= 15 is 0 Å². The lowest BCUT2D eigenvalue weighted by Crippen LogP contribution is -2.05. The number of rotatable bonds is 4. The van der Waals surface area contributed by atoms with E-state index in [2.05, 4.69) is 31.4 Å². The fourth-order valence-electron chi connectivity index (χ4n) is 3.10. The molecule has 4 rings (SSSR count). The topological polar surface area (TPSA) is 51.4 Å². The van der Waals surface area contributed by atoms with Crippen molar-refractivity contribution in [1.82, 2.24) is 9.55 Å². The van der Waals surface area contributed by atoms with Gasteiger partial charge in [0.1, 0.15) is 4.62 Å². The summed E-state index contributed by atoms with van der Waals surface area (Å²) >= 11 is 3.32. The maximum atomic E-state index is 13.1. The highest BCUT2D eigenvalue weighted by Crippen LogP contribution is 2.37. The van der Waals surface area contributed by atoms with Crippen LogP contribution in [0.5, 0.6) is 0 Å². The third kappa shape index (κ3) is 4.29. The molecular formula is C20H16BrF3N4O. The number of aryl methyl sites for hydroxylation is 1. The zero-order chi connectivity index (χ0) is 20.6. The smallest absolute Gasteiger partial charge is 0.386 e. The minimum atomic E-state index is -4.41. The Balaban J connectivity index is 1.73. The molecule has 0 fully saturated rings. The van der Waals surface area contributed by atoms with Crippen LogP contribution in [0.3, 0.4) is 0 Å². The van der Waals surface area contributed by atoms with Crippen LogP contribution in [0.15, 0.2) is 60.1 Å². The second-order valence-electron chi connectivity index (χ2n) is 6.70. The summed E-state index contributed by atoms with van der Waals surface area (Å²) < 4.78 is 41.8. The molecule has 0 bridgehead atoms. The molecule has 0 saturated carbocycles. The number of alkyl halides is 3. The van der Waals surface area contributed by atoms with E-state index < -0.39 is 11.7 Å². The first-order valence-electron chi connectivity index (χ1n) is 8.74. The van der Waals surface area contributed by atoms with E-state index in [4.69, 9.17) is 4.84 Å². The summed E-state index contributed by atoms with van der Waals surface area (Å²) in [7, 11) is 1.85. The van der Waals surface area contributed by atoms with Crippen molar-refractivity contribution in [2.24, 2.45) is 12.2 Å². The van der Waals surface area contributed by atoms with Crippen molar-refractivity contribution in [3.05, 3.63) is 66.1 Å². The lowest BCUT2D eigenvalue weighted by Gasteiger charge is -2.16. The van der Waals surface area contributed by atoms with Crippen LogP contribution >= 0.6 is 15.9 Å². The summed E-state index contributed by atoms with van der Waals surface area (Å²) in [5.41, 5.74) is 2.58. The third-order valence-corrected chi connectivity index (χ3v) is 4.97. The van der Waals surface area contributed by atoms with Gasteiger partial charge in [0, 0.05) is 36.6 Å². The van der Waals surface area contributed by atoms with Crippen molar-refractivity contribution in [2.45, 2.75) is 18.7 Å². The van der Waals surface area contributed by atoms with Crippen LogP contribution in [0.25, 0.3) is 11.3 Å². The molecule has 150 valence electrons. The Bertz CT molecular complexity index is 1080. The quantitative estimate of drug-likeness (QED) is 0.513. The first-order chi connectivity index (χ1) is 13.8. The van der Waals surface area contributed by atoms with E-state index in [0.29, 0.717) is 28.1 Å². The summed E-state index contributed by atoms with van der Waals surface area (Å²) in [6.07, 6.45) is -0.569. The summed E-state index contributed by atoms with van der Waals surface area (Å²) in [5.74, 6) is 0. The van der Waals surface area contributed by atoms with Gasteiger partial charge in [-0.2, -0.15) is 13.2 Å². The fraction of sp³-hybridized carbons (Fsp3) is 0.200. The number of anilines is 2. The average molecular weight is 465 g/mol. The molecule has 0 unspecified atom stereocenters. The standard InChI is InChI=1S/C20H16BrF3N4O/c1-28-10-17(25-11-28)15-6-5-12(18-9-19(21)27-29-18)7-16(15)26-14-4-2-3-13(8-14)20(22,23)24/h2-8,10-11,18,26H,9H2,1H3/t18-/m1/s1. The Morgan fingerprint density at radius 1 is 1.21 bits per heavy atom. The number of benzene rings is 2. The van der Waals surface area contributed by atoms with Crippen molar-refractivity contribution in [2.75, 3.05) is 5.32 Å². The van der Waals surface area contributed by atoms with E-state index in [0.717, 1.165) is 23.3 Å². The summed E-state index contributed by atoms with van der Waals surface area (Å²) in [6.45, 7) is 0. The van der Waals surface area contributed by atoms with Gasteiger partial charge in [0.15, 0.2) is 6.10 Å². The molecule has 0 radical (unpaired) electrons. The molecule has 2 aromatic carbocycles. The van der Waals surface area contributed by atoms with Gasteiger partial charge in [-0.15, -0.1) is 0 Å². The minimum absolute atomic E-state index is 0.260. The van der Waals surface area contributed by atoms with E-state index in [1.807, 2.05) is 36.0 Å². The van der Waals surface area contributed by atoms with E-state index in [1.54, 1.807) is 12.4 Å². The Morgan fingerprint density at radius 3 is 2.69 bits per heavy atom. The molecular weight excluding hydrogens is 449 g/mol. The lowest BCUT2D eigenvalue weighted by atomic mass is 10.0. The van der Waals surface area contributed by atoms with Crippen LogP contribution in [-0.2, 0) is 18.1 Å². The summed E-state index contributed by atoms with van der Waals surface area (Å²) in [6, 6.07) is 10.7. The number of nitrogens with zero attached hydrogens (tertiary/aromatic N) is 3. The van der Waals surface area contributed by atoms with Gasteiger partial charge >= 0.3 is 6.18 Å². The maximum Gasteiger partial charge on any atom is 0.416 e. The molecule has 1 aliphatic heterocycles. The highest BCUT2D eigenvalue weighted by atomic mass is 79.9. The van der Waals surface area contributed by atoms with Crippen molar-refractivity contribution in [3.63, 3.8) is 0 Å². The normalized spacial score (nSPS) is 16.4. The van der Waals surface area contributed by atoms with E-state index in [-0.39, 0.29) is 6.10 Å². The SMILES string of the molecule is Cn1cnc(-c2ccc([C@H]3CC(Br)=NO3)cc2Nc2cccc(C(F)(F)F)c2)c1. The van der Waals surface area contributed by atoms with Crippen molar-refractivity contribution < 1.29 is 18.0 Å². The highest BCUT2D eigenvalue weighted by Gasteiger charge is 2.30. The van der Waals surface area contributed by atoms with Gasteiger partial charge in [-0.1, -0.05) is 23.4 Å². The highest BCUT2D eigenvalue weighted by molar-refractivity contribution is 9.18. The first-order valence-corrected chi connectivity index (χ1v) is 9.53. The van der Waals surface area contributed by atoms with Crippen LogP contribution in [-0.4, -0.2) is 14.2 Å². The van der Waals surface area contributed by atoms with Gasteiger partial charge in [0.05, 0.1) is 17.6 Å². The summed E-state index contributed by atoms with van der Waals surface area (Å²) in [5, 5.41) is 7.02. The Kier molecular flexibility index (Phi) is 5.08. The maximum absolute atomic E-state index is 13.1. The Morgan fingerprint density at radius 2 is 2.03 bits per heavy atom. The van der Waals surface area contributed by atoms with Gasteiger partial charge in [0.25, 0.3) is 0 Å². The molecule has 1 aromatic heterocycles. The number of nitrogens with one attached hydrogen (secondary N) is 1. The number of imidazole rings is 1. The van der Waals surface area contributed by atoms with Crippen LogP contribution < -0.4 is 5.32 Å². The van der Waals surface area contributed by atoms with E-state index in [9.17, 15) is 13.2 Å². The van der Waals surface area contributed by atoms with Crippen LogP contribution in [0.4, 0.5) is 24.5 Å². The Hall–Kier alpha value is -2.81. The first kappa shape index (κ1) is 19.5. The Labute approximate surface area is 173 Å². The van der Waals surface area contributed by atoms with Gasteiger partial charge in [-0.05, 0) is 45.8 Å². The molecule has 0 spiro atoms. The van der Waals surface area contributed by atoms with Crippen LogP contribution in [0.1, 0.15) is 23.7 Å². The van der Waals surface area contributed by atoms with Gasteiger partial charge < -0.3 is 14.7 Å². The van der Waals surface area contributed by atoms with Crippen molar-refractivity contribution >= 4 is 31.9 Å². The number of oxime groups is 1.